The lowest BCUT2D eigenvalue weighted by Gasteiger charge is -1.91. The Morgan fingerprint density at radius 1 is 1.40 bits per heavy atom. The summed E-state index contributed by atoms with van der Waals surface area (Å²) in [6.45, 7) is 0.472. The monoisotopic (exact) mass is 136 g/mol. The molecule has 0 aromatic rings. The van der Waals surface area contributed by atoms with Gasteiger partial charge in [0, 0.05) is 5.92 Å². The fourth-order valence-corrected chi connectivity index (χ4v) is 1.14. The third-order valence-corrected chi connectivity index (χ3v) is 1.82. The highest BCUT2D eigenvalue weighted by atomic mass is 16.1. The van der Waals surface area contributed by atoms with Gasteiger partial charge < -0.3 is 0 Å². The van der Waals surface area contributed by atoms with Gasteiger partial charge in [-0.1, -0.05) is 0 Å². The first-order valence-corrected chi connectivity index (χ1v) is 3.46. The van der Waals surface area contributed by atoms with Gasteiger partial charge in [0.05, 0.1) is 5.71 Å². The van der Waals surface area contributed by atoms with E-state index in [0.717, 1.165) is 12.0 Å². The average molecular weight is 136 g/mol. The lowest BCUT2D eigenvalue weighted by molar-refractivity contribution is -0.102. The van der Waals surface area contributed by atoms with Gasteiger partial charge >= 0.3 is 0 Å². The Bertz CT molecular complexity index is 226. The van der Waals surface area contributed by atoms with Gasteiger partial charge in [0.2, 0.25) is 0 Å². The van der Waals surface area contributed by atoms with Crippen LogP contribution in [-0.2, 0) is 4.79 Å². The fraction of sp³-hybridized carbons (Fsp3) is 0.571. The quantitative estimate of drug-likeness (QED) is 0.508. The predicted octanol–water partition coefficient (Wildman–Crippen LogP) is 0.448. The number of aldehydes is 1. The topological polar surface area (TPSA) is 41.8 Å². The molecular formula is C7H8N2O. The largest absolute Gasteiger partial charge is 0.296 e. The molecule has 10 heavy (non-hydrogen) atoms. The van der Waals surface area contributed by atoms with Crippen LogP contribution in [0.15, 0.2) is 9.98 Å². The van der Waals surface area contributed by atoms with Crippen LogP contribution in [0.1, 0.15) is 12.8 Å². The van der Waals surface area contributed by atoms with Crippen molar-refractivity contribution in [2.45, 2.75) is 12.8 Å². The van der Waals surface area contributed by atoms with Crippen molar-refractivity contribution in [1.29, 1.82) is 0 Å². The van der Waals surface area contributed by atoms with Crippen molar-refractivity contribution >= 4 is 17.7 Å². The fourth-order valence-electron chi connectivity index (χ4n) is 1.14. The zero-order valence-corrected chi connectivity index (χ0v) is 5.58. The summed E-state index contributed by atoms with van der Waals surface area (Å²) < 4.78 is 0. The molecule has 2 aliphatic rings. The van der Waals surface area contributed by atoms with Crippen LogP contribution in [0.4, 0.5) is 0 Å². The van der Waals surface area contributed by atoms with Crippen molar-refractivity contribution in [2.75, 3.05) is 6.67 Å². The summed E-state index contributed by atoms with van der Waals surface area (Å²) in [5, 5.41) is 0. The van der Waals surface area contributed by atoms with Gasteiger partial charge in [0.15, 0.2) is 6.29 Å². The molecule has 1 aliphatic heterocycles. The summed E-state index contributed by atoms with van der Waals surface area (Å²) >= 11 is 0. The van der Waals surface area contributed by atoms with E-state index in [-0.39, 0.29) is 0 Å². The SMILES string of the molecule is O=CC1=NCN=C1C1CC1. The maximum atomic E-state index is 10.3. The van der Waals surface area contributed by atoms with Crippen LogP contribution in [0.2, 0.25) is 0 Å². The molecule has 0 aromatic heterocycles. The van der Waals surface area contributed by atoms with Crippen LogP contribution >= 0.6 is 0 Å². The summed E-state index contributed by atoms with van der Waals surface area (Å²) in [4.78, 5) is 18.4. The number of rotatable bonds is 2. The van der Waals surface area contributed by atoms with Gasteiger partial charge in [0.1, 0.15) is 12.4 Å². The Balaban J connectivity index is 2.20. The zero-order chi connectivity index (χ0) is 6.97. The lowest BCUT2D eigenvalue weighted by Crippen LogP contribution is -2.13. The van der Waals surface area contributed by atoms with E-state index in [1.807, 2.05) is 0 Å². The molecule has 0 saturated heterocycles. The van der Waals surface area contributed by atoms with E-state index in [0.29, 0.717) is 18.3 Å². The highest BCUT2D eigenvalue weighted by Crippen LogP contribution is 2.31. The van der Waals surface area contributed by atoms with E-state index in [1.165, 1.54) is 12.8 Å². The van der Waals surface area contributed by atoms with Crippen molar-refractivity contribution in [3.05, 3.63) is 0 Å². The van der Waals surface area contributed by atoms with Gasteiger partial charge in [-0.3, -0.25) is 14.8 Å². The highest BCUT2D eigenvalue weighted by Gasteiger charge is 2.31. The predicted molar refractivity (Wildman–Crippen MR) is 38.5 cm³/mol. The number of hydrogen-bond donors (Lipinski definition) is 0. The Hall–Kier alpha value is -0.990. The number of hydrogen-bond acceptors (Lipinski definition) is 3. The maximum Gasteiger partial charge on any atom is 0.169 e. The summed E-state index contributed by atoms with van der Waals surface area (Å²) in [5.74, 6) is 0.562. The molecule has 1 heterocycles. The van der Waals surface area contributed by atoms with E-state index in [2.05, 4.69) is 9.98 Å². The van der Waals surface area contributed by atoms with Crippen LogP contribution in [0.5, 0.6) is 0 Å². The molecular weight excluding hydrogens is 128 g/mol. The Kier molecular flexibility index (Phi) is 1.16. The van der Waals surface area contributed by atoms with Crippen LogP contribution in [-0.4, -0.2) is 24.4 Å². The minimum atomic E-state index is 0.472. The molecule has 0 unspecified atom stereocenters. The van der Waals surface area contributed by atoms with E-state index in [1.54, 1.807) is 0 Å². The number of carbonyl (C=O) groups is 1. The van der Waals surface area contributed by atoms with Crippen molar-refractivity contribution in [1.82, 2.24) is 0 Å². The highest BCUT2D eigenvalue weighted by molar-refractivity contribution is 6.63. The molecule has 1 saturated carbocycles. The number of nitrogens with zero attached hydrogens (tertiary/aromatic N) is 2. The molecule has 0 atom stereocenters. The summed E-state index contributed by atoms with van der Waals surface area (Å²) in [6.07, 6.45) is 3.18. The van der Waals surface area contributed by atoms with Gasteiger partial charge in [-0.25, -0.2) is 0 Å². The van der Waals surface area contributed by atoms with Crippen molar-refractivity contribution in [3.8, 4) is 0 Å². The van der Waals surface area contributed by atoms with Gasteiger partial charge in [-0.15, -0.1) is 0 Å². The molecule has 3 nitrogen and oxygen atoms in total. The van der Waals surface area contributed by atoms with Gasteiger partial charge in [0.25, 0.3) is 0 Å². The molecule has 2 rings (SSSR count). The first-order valence-electron chi connectivity index (χ1n) is 3.46. The van der Waals surface area contributed by atoms with Crippen LogP contribution in [0.25, 0.3) is 0 Å². The van der Waals surface area contributed by atoms with Gasteiger partial charge in [-0.05, 0) is 12.8 Å². The van der Waals surface area contributed by atoms with Crippen molar-refractivity contribution in [3.63, 3.8) is 0 Å². The Morgan fingerprint density at radius 3 is 2.80 bits per heavy atom. The molecule has 0 N–H and O–H groups in total. The first kappa shape index (κ1) is 5.77. The zero-order valence-electron chi connectivity index (χ0n) is 5.58. The molecule has 0 spiro atoms. The minimum absolute atomic E-state index is 0.472. The Labute approximate surface area is 58.9 Å². The van der Waals surface area contributed by atoms with E-state index in [4.69, 9.17) is 0 Å². The molecule has 0 radical (unpaired) electrons. The van der Waals surface area contributed by atoms with E-state index < -0.39 is 0 Å². The second kappa shape index (κ2) is 2.01. The molecule has 0 aromatic carbocycles. The molecule has 0 amide bonds. The normalized spacial score (nSPS) is 24.0. The molecule has 1 aliphatic carbocycles. The number of aliphatic imine (C=N–C) groups is 2. The third kappa shape index (κ3) is 0.781. The Morgan fingerprint density at radius 2 is 2.20 bits per heavy atom. The molecule has 3 heteroatoms. The molecule has 0 bridgehead atoms. The third-order valence-electron chi connectivity index (χ3n) is 1.82. The first-order chi connectivity index (χ1) is 4.92. The van der Waals surface area contributed by atoms with Crippen LogP contribution in [0.3, 0.4) is 0 Å². The summed E-state index contributed by atoms with van der Waals surface area (Å²) in [6, 6.07) is 0. The minimum Gasteiger partial charge on any atom is -0.296 e. The smallest absolute Gasteiger partial charge is 0.169 e. The lowest BCUT2D eigenvalue weighted by atomic mass is 10.2. The summed E-state index contributed by atoms with van der Waals surface area (Å²) in [5.41, 5.74) is 1.54. The standard InChI is InChI=1S/C7H8N2O/c10-3-6-7(5-1-2-5)9-4-8-6/h3,5H,1-2,4H2. The van der Waals surface area contributed by atoms with Crippen molar-refractivity contribution < 1.29 is 4.79 Å². The van der Waals surface area contributed by atoms with Crippen LogP contribution < -0.4 is 0 Å². The molecule has 1 fully saturated rings. The number of carbonyl (C=O) groups excluding carboxylic acids is 1. The maximum absolute atomic E-state index is 10.3. The van der Waals surface area contributed by atoms with Crippen molar-refractivity contribution in [2.24, 2.45) is 15.9 Å². The summed E-state index contributed by atoms with van der Waals surface area (Å²) in [7, 11) is 0. The average Bonchev–Trinajstić information content (AvgIpc) is 2.69. The van der Waals surface area contributed by atoms with Crippen LogP contribution in [0, 0.1) is 5.92 Å². The second-order valence-corrected chi connectivity index (χ2v) is 2.62. The van der Waals surface area contributed by atoms with Gasteiger partial charge in [-0.2, -0.15) is 0 Å². The molecule has 52 valence electrons. The second-order valence-electron chi connectivity index (χ2n) is 2.62. The van der Waals surface area contributed by atoms with E-state index >= 15 is 0 Å². The van der Waals surface area contributed by atoms with E-state index in [9.17, 15) is 4.79 Å².